The van der Waals surface area contributed by atoms with Gasteiger partial charge in [0.25, 0.3) is 6.47 Å². The van der Waals surface area contributed by atoms with Gasteiger partial charge in [0.2, 0.25) is 0 Å². The van der Waals surface area contributed by atoms with Crippen molar-refractivity contribution in [2.45, 2.75) is 66.8 Å². The van der Waals surface area contributed by atoms with E-state index in [9.17, 15) is 14.4 Å². The Bertz CT molecular complexity index is 1730. The van der Waals surface area contributed by atoms with Gasteiger partial charge < -0.3 is 19.4 Å². The zero-order valence-electron chi connectivity index (χ0n) is 26.0. The summed E-state index contributed by atoms with van der Waals surface area (Å²) in [6.45, 7) is 13.1. The number of aromatic nitrogens is 2. The standard InChI is InChI=1S/C34H40N4O5/c1-8-22-17(2)26-13-30-24(15-39)19(4)25(36-30)12-27-18(3)23(10-9-11-43-16-40)32(37-27)21(6)33-31(34(41)42-7)20(5)28(38-33)14-29(22)35-26/h12-16,18,21,23,33,35-36H,8-11H2,1-7H3/b26-13-,27-12-,29-14?/t18-,21?,23-,33?/m0/s1. The topological polar surface area (TPSA) is 126 Å². The van der Waals surface area contributed by atoms with Gasteiger partial charge in [0.15, 0.2) is 6.29 Å². The van der Waals surface area contributed by atoms with Gasteiger partial charge in [-0.05, 0) is 80.5 Å². The predicted molar refractivity (Wildman–Crippen MR) is 168 cm³/mol. The van der Waals surface area contributed by atoms with Crippen LogP contribution in [0.25, 0.3) is 18.2 Å². The zero-order valence-corrected chi connectivity index (χ0v) is 26.0. The molecule has 2 N–H and O–H groups in total. The molecule has 0 aromatic carbocycles. The van der Waals surface area contributed by atoms with Crippen LogP contribution in [-0.4, -0.2) is 59.9 Å². The van der Waals surface area contributed by atoms with Crippen molar-refractivity contribution in [3.8, 4) is 0 Å². The average molecular weight is 585 g/mol. The number of ether oxygens (including phenoxy) is 2. The highest BCUT2D eigenvalue weighted by Gasteiger charge is 2.42. The summed E-state index contributed by atoms with van der Waals surface area (Å²) in [5, 5.41) is 1.83. The molecule has 0 saturated heterocycles. The van der Waals surface area contributed by atoms with Crippen molar-refractivity contribution in [2.75, 3.05) is 13.7 Å². The summed E-state index contributed by atoms with van der Waals surface area (Å²) in [6.07, 6.45) is 9.19. The second kappa shape index (κ2) is 12.1. The summed E-state index contributed by atoms with van der Waals surface area (Å²) in [7, 11) is 1.40. The van der Waals surface area contributed by atoms with Crippen LogP contribution in [0.5, 0.6) is 0 Å². The summed E-state index contributed by atoms with van der Waals surface area (Å²) in [5.74, 6) is -0.469. The maximum atomic E-state index is 13.2. The molecule has 9 heteroatoms. The molecule has 2 unspecified atom stereocenters. The van der Waals surface area contributed by atoms with E-state index in [-0.39, 0.29) is 23.7 Å². The number of nitrogens with one attached hydrogen (secondary N) is 2. The van der Waals surface area contributed by atoms with Crippen molar-refractivity contribution in [1.82, 2.24) is 9.97 Å². The Labute approximate surface area is 251 Å². The maximum absolute atomic E-state index is 13.2. The van der Waals surface area contributed by atoms with E-state index < -0.39 is 6.04 Å². The number of methoxy groups -OCH3 is 1. The maximum Gasteiger partial charge on any atom is 0.336 e. The molecular weight excluding hydrogens is 544 g/mol. The van der Waals surface area contributed by atoms with E-state index in [0.717, 1.165) is 80.6 Å². The van der Waals surface area contributed by atoms with Crippen LogP contribution in [0.15, 0.2) is 26.8 Å². The fourth-order valence-electron chi connectivity index (χ4n) is 6.85. The van der Waals surface area contributed by atoms with Crippen LogP contribution in [0.2, 0.25) is 0 Å². The largest absolute Gasteiger partial charge is 0.468 e. The lowest BCUT2D eigenvalue weighted by molar-refractivity contribution is -0.136. The third kappa shape index (κ3) is 5.26. The Kier molecular flexibility index (Phi) is 8.53. The first-order valence-electron chi connectivity index (χ1n) is 15.0. The van der Waals surface area contributed by atoms with E-state index in [0.29, 0.717) is 30.6 Å². The van der Waals surface area contributed by atoms with Crippen LogP contribution < -0.4 is 10.7 Å². The van der Waals surface area contributed by atoms with Gasteiger partial charge in [0.1, 0.15) is 0 Å². The molecule has 0 amide bonds. The normalized spacial score (nSPS) is 24.7. The first kappa shape index (κ1) is 30.2. The quantitative estimate of drug-likeness (QED) is 0.277. The van der Waals surface area contributed by atoms with E-state index in [1.807, 2.05) is 32.1 Å². The number of aromatic amines is 2. The molecule has 0 aliphatic carbocycles. The Morgan fingerprint density at radius 3 is 2.44 bits per heavy atom. The second-order valence-corrected chi connectivity index (χ2v) is 11.7. The molecule has 0 saturated carbocycles. The molecule has 4 atom stereocenters. The Balaban J connectivity index is 1.79. The number of esters is 1. The second-order valence-electron chi connectivity index (χ2n) is 11.7. The summed E-state index contributed by atoms with van der Waals surface area (Å²) < 4.78 is 10.3. The average Bonchev–Trinajstić information content (AvgIpc) is 3.68. The fourth-order valence-corrected chi connectivity index (χ4v) is 6.85. The van der Waals surface area contributed by atoms with E-state index in [1.54, 1.807) is 0 Å². The van der Waals surface area contributed by atoms with Crippen LogP contribution in [0.4, 0.5) is 0 Å². The van der Waals surface area contributed by atoms with Crippen molar-refractivity contribution in [3.05, 3.63) is 61.2 Å². The molecule has 2 aromatic rings. The molecule has 5 rings (SSSR count). The lowest BCUT2D eigenvalue weighted by atomic mass is 9.79. The van der Waals surface area contributed by atoms with Crippen LogP contribution >= 0.6 is 0 Å². The third-order valence-electron chi connectivity index (χ3n) is 9.41. The highest BCUT2D eigenvalue weighted by molar-refractivity contribution is 6.25. The molecule has 0 fully saturated rings. The highest BCUT2D eigenvalue weighted by atomic mass is 16.5. The molecule has 226 valence electrons. The van der Waals surface area contributed by atoms with Crippen LogP contribution in [0.3, 0.4) is 0 Å². The number of nitrogens with zero attached hydrogens (tertiary/aromatic N) is 2. The molecule has 8 bridgehead atoms. The van der Waals surface area contributed by atoms with Crippen molar-refractivity contribution < 1.29 is 23.9 Å². The van der Waals surface area contributed by atoms with Crippen LogP contribution in [0, 0.1) is 31.6 Å². The number of hydrogen-bond donors (Lipinski definition) is 2. The van der Waals surface area contributed by atoms with Gasteiger partial charge in [0, 0.05) is 51.1 Å². The number of aldehydes is 1. The summed E-state index contributed by atoms with van der Waals surface area (Å²) in [4.78, 5) is 53.6. The number of hydrogen-bond acceptors (Lipinski definition) is 7. The first-order valence-corrected chi connectivity index (χ1v) is 15.0. The van der Waals surface area contributed by atoms with Gasteiger partial charge in [-0.1, -0.05) is 20.8 Å². The number of fused-ring (bicyclic) bond motifs is 6. The van der Waals surface area contributed by atoms with Crippen LogP contribution in [0.1, 0.15) is 79.0 Å². The number of allylic oxidation sites excluding steroid dienone is 2. The van der Waals surface area contributed by atoms with E-state index >= 15 is 0 Å². The molecular formula is C34H40N4O5. The van der Waals surface area contributed by atoms with Crippen molar-refractivity contribution >= 4 is 48.4 Å². The molecule has 2 aromatic heterocycles. The molecule has 0 spiro atoms. The predicted octanol–water partition coefficient (Wildman–Crippen LogP) is 3.91. The van der Waals surface area contributed by atoms with Gasteiger partial charge >= 0.3 is 5.97 Å². The number of carbonyl (C=O) groups excluding carboxylic acids is 3. The number of H-pyrrole nitrogens is 2. The van der Waals surface area contributed by atoms with Crippen molar-refractivity contribution in [2.24, 2.45) is 27.7 Å². The Morgan fingerprint density at radius 2 is 1.77 bits per heavy atom. The highest BCUT2D eigenvalue weighted by Crippen LogP contribution is 2.41. The van der Waals surface area contributed by atoms with Crippen molar-refractivity contribution in [3.63, 3.8) is 0 Å². The van der Waals surface area contributed by atoms with E-state index in [2.05, 4.69) is 37.7 Å². The Hall–Kier alpha value is -4.27. The minimum Gasteiger partial charge on any atom is -0.468 e. The van der Waals surface area contributed by atoms with Gasteiger partial charge in [-0.25, -0.2) is 4.79 Å². The fraction of sp³-hybridized carbons (Fsp3) is 0.441. The lowest BCUT2D eigenvalue weighted by Gasteiger charge is -2.25. The lowest BCUT2D eigenvalue weighted by Crippen LogP contribution is -2.32. The third-order valence-corrected chi connectivity index (χ3v) is 9.41. The van der Waals surface area contributed by atoms with Gasteiger partial charge in [-0.2, -0.15) is 0 Å². The van der Waals surface area contributed by atoms with Gasteiger partial charge in [0.05, 0.1) is 36.7 Å². The van der Waals surface area contributed by atoms with Gasteiger partial charge in [-0.15, -0.1) is 0 Å². The number of carbonyl (C=O) groups is 3. The van der Waals surface area contributed by atoms with Crippen molar-refractivity contribution in [1.29, 1.82) is 0 Å². The Morgan fingerprint density at radius 1 is 1.00 bits per heavy atom. The number of aliphatic imine (C=N–C) groups is 2. The molecule has 5 heterocycles. The molecule has 3 aliphatic heterocycles. The molecule has 43 heavy (non-hydrogen) atoms. The number of rotatable bonds is 8. The minimum atomic E-state index is -0.460. The molecule has 9 nitrogen and oxygen atoms in total. The monoisotopic (exact) mass is 584 g/mol. The first-order chi connectivity index (χ1) is 20.6. The smallest absolute Gasteiger partial charge is 0.336 e. The van der Waals surface area contributed by atoms with Gasteiger partial charge in [-0.3, -0.25) is 19.6 Å². The molecule has 3 aliphatic rings. The SMILES string of the molecule is CCc1c(C)/c2[nH]c1=CC1=NC(C(C(=O)OC)=C1C)C(C)C1=N/C(=C\c3[nH]c(c(C=O)c3C)\C=2)[C@@H](C)[C@@H]1CCCOC=O. The van der Waals surface area contributed by atoms with E-state index in [1.165, 1.54) is 7.11 Å². The summed E-state index contributed by atoms with van der Waals surface area (Å²) >= 11 is 0. The summed E-state index contributed by atoms with van der Waals surface area (Å²) in [6, 6.07) is -0.460. The summed E-state index contributed by atoms with van der Waals surface area (Å²) in [5.41, 5.74) is 9.22. The zero-order chi connectivity index (χ0) is 31.0. The van der Waals surface area contributed by atoms with Crippen LogP contribution in [-0.2, 0) is 25.5 Å². The molecule has 0 radical (unpaired) electrons. The van der Waals surface area contributed by atoms with E-state index in [4.69, 9.17) is 19.5 Å². The minimum absolute atomic E-state index is 0.0568.